The highest BCUT2D eigenvalue weighted by Crippen LogP contribution is 2.21. The maximum atomic E-state index is 12.5. The second-order valence-electron chi connectivity index (χ2n) is 6.67. The molecule has 2 heterocycles. The number of ether oxygens (including phenoxy) is 2. The van der Waals surface area contributed by atoms with Crippen LogP contribution in [0.5, 0.6) is 11.6 Å². The highest BCUT2D eigenvalue weighted by molar-refractivity contribution is 5.94. The number of pyridine rings is 1. The van der Waals surface area contributed by atoms with E-state index >= 15 is 0 Å². The molecule has 31 heavy (non-hydrogen) atoms. The van der Waals surface area contributed by atoms with Gasteiger partial charge in [-0.15, -0.1) is 0 Å². The summed E-state index contributed by atoms with van der Waals surface area (Å²) in [4.78, 5) is 16.3. The van der Waals surface area contributed by atoms with Crippen molar-refractivity contribution in [2.45, 2.75) is 33.2 Å². The predicted octanol–water partition coefficient (Wildman–Crippen LogP) is 4.14. The number of nitrogens with zero attached hydrogens (tertiary/aromatic N) is 2. The smallest absolute Gasteiger partial charge is 0.422 e. The average molecular weight is 435 g/mol. The van der Waals surface area contributed by atoms with Crippen LogP contribution in [0.25, 0.3) is 0 Å². The topological polar surface area (TPSA) is 86.5 Å². The lowest BCUT2D eigenvalue weighted by Gasteiger charge is -2.13. The number of rotatable bonds is 8. The van der Waals surface area contributed by atoms with Gasteiger partial charge in [0.05, 0.1) is 11.3 Å². The summed E-state index contributed by atoms with van der Waals surface area (Å²) in [5.41, 5.74) is 2.22. The van der Waals surface area contributed by atoms with Gasteiger partial charge in [0.25, 0.3) is 5.91 Å². The number of benzene rings is 1. The Morgan fingerprint density at radius 3 is 2.68 bits per heavy atom. The largest absolute Gasteiger partial charge is 0.489 e. The molecule has 0 spiro atoms. The summed E-state index contributed by atoms with van der Waals surface area (Å²) in [5, 5.41) is 6.51. The molecule has 3 rings (SSSR count). The van der Waals surface area contributed by atoms with Crippen LogP contribution in [0.1, 0.15) is 32.9 Å². The molecule has 1 N–H and O–H groups in total. The summed E-state index contributed by atoms with van der Waals surface area (Å²) in [7, 11) is 0. The minimum absolute atomic E-state index is 0.0516. The first-order valence-corrected chi connectivity index (χ1v) is 9.29. The third-order valence-electron chi connectivity index (χ3n) is 4.32. The van der Waals surface area contributed by atoms with Crippen molar-refractivity contribution in [1.82, 2.24) is 15.5 Å². The Kier molecular flexibility index (Phi) is 6.78. The van der Waals surface area contributed by atoms with Crippen molar-refractivity contribution in [3.05, 3.63) is 70.7 Å². The number of aromatic nitrogens is 2. The maximum absolute atomic E-state index is 12.5. The molecule has 0 atom stereocenters. The number of alkyl halides is 3. The van der Waals surface area contributed by atoms with Crippen LogP contribution in [0.15, 0.2) is 47.1 Å². The first kappa shape index (κ1) is 22.1. The number of carbonyl (C=O) groups is 1. The Morgan fingerprint density at radius 2 is 1.97 bits per heavy atom. The fourth-order valence-corrected chi connectivity index (χ4v) is 2.71. The fourth-order valence-electron chi connectivity index (χ4n) is 2.71. The first-order valence-electron chi connectivity index (χ1n) is 9.29. The van der Waals surface area contributed by atoms with E-state index in [0.717, 1.165) is 11.3 Å². The Bertz CT molecular complexity index is 1030. The third-order valence-corrected chi connectivity index (χ3v) is 4.32. The number of hydrogen-bond donors (Lipinski definition) is 1. The molecule has 0 bridgehead atoms. The van der Waals surface area contributed by atoms with Crippen LogP contribution in [0, 0.1) is 13.8 Å². The fraction of sp³-hybridized carbons (Fsp3) is 0.286. The van der Waals surface area contributed by atoms with Crippen molar-refractivity contribution in [2.24, 2.45) is 0 Å². The molecule has 3 aromatic rings. The zero-order chi connectivity index (χ0) is 22.4. The highest BCUT2D eigenvalue weighted by atomic mass is 19.4. The van der Waals surface area contributed by atoms with Crippen molar-refractivity contribution in [3.8, 4) is 11.6 Å². The van der Waals surface area contributed by atoms with Crippen molar-refractivity contribution in [3.63, 3.8) is 0 Å². The van der Waals surface area contributed by atoms with Crippen molar-refractivity contribution in [1.29, 1.82) is 0 Å². The molecule has 1 amide bonds. The molecule has 0 saturated carbocycles. The number of carbonyl (C=O) groups excluding carboxylic acids is 1. The Hall–Kier alpha value is -3.56. The summed E-state index contributed by atoms with van der Waals surface area (Å²) >= 11 is 0. The van der Waals surface area contributed by atoms with Gasteiger partial charge in [-0.2, -0.15) is 13.2 Å². The molecule has 0 unspecified atom stereocenters. The molecule has 0 aliphatic carbocycles. The van der Waals surface area contributed by atoms with Gasteiger partial charge in [0, 0.05) is 23.9 Å². The Morgan fingerprint density at radius 1 is 1.16 bits per heavy atom. The number of nitrogens with one attached hydrogen (secondary N) is 1. The van der Waals surface area contributed by atoms with E-state index in [4.69, 9.17) is 14.0 Å². The molecule has 1 aromatic carbocycles. The van der Waals surface area contributed by atoms with Crippen LogP contribution >= 0.6 is 0 Å². The molecule has 7 nitrogen and oxygen atoms in total. The van der Waals surface area contributed by atoms with Gasteiger partial charge in [0.2, 0.25) is 5.88 Å². The van der Waals surface area contributed by atoms with E-state index in [1.54, 1.807) is 37.3 Å². The molecule has 0 saturated heterocycles. The van der Waals surface area contributed by atoms with Crippen LogP contribution in [0.3, 0.4) is 0 Å². The molecule has 0 radical (unpaired) electrons. The van der Waals surface area contributed by atoms with E-state index in [9.17, 15) is 18.0 Å². The summed E-state index contributed by atoms with van der Waals surface area (Å²) in [6, 6.07) is 9.62. The normalized spacial score (nSPS) is 11.3. The first-order chi connectivity index (χ1) is 14.7. The minimum atomic E-state index is -4.48. The quantitative estimate of drug-likeness (QED) is 0.573. The number of aryl methyl sites for hydroxylation is 2. The summed E-state index contributed by atoms with van der Waals surface area (Å²) in [6.45, 7) is 2.32. The Labute approximate surface area is 176 Å². The van der Waals surface area contributed by atoms with Crippen molar-refractivity contribution < 1.29 is 32.0 Å². The van der Waals surface area contributed by atoms with Gasteiger partial charge in [-0.1, -0.05) is 17.3 Å². The number of halogens is 3. The molecule has 0 aliphatic rings. The van der Waals surface area contributed by atoms with E-state index < -0.39 is 18.7 Å². The lowest BCUT2D eigenvalue weighted by molar-refractivity contribution is -0.154. The second kappa shape index (κ2) is 9.50. The second-order valence-corrected chi connectivity index (χ2v) is 6.67. The zero-order valence-corrected chi connectivity index (χ0v) is 16.8. The molecule has 10 heteroatoms. The summed E-state index contributed by atoms with van der Waals surface area (Å²) < 4.78 is 52.8. The van der Waals surface area contributed by atoms with E-state index in [1.165, 1.54) is 12.3 Å². The predicted molar refractivity (Wildman–Crippen MR) is 104 cm³/mol. The van der Waals surface area contributed by atoms with Crippen LogP contribution in [-0.2, 0) is 13.2 Å². The molecular weight excluding hydrogens is 415 g/mol. The van der Waals surface area contributed by atoms with E-state index in [2.05, 4.69) is 15.5 Å². The Balaban J connectivity index is 1.61. The van der Waals surface area contributed by atoms with E-state index in [-0.39, 0.29) is 19.0 Å². The monoisotopic (exact) mass is 435 g/mol. The van der Waals surface area contributed by atoms with Crippen LogP contribution in [0.2, 0.25) is 0 Å². The lowest BCUT2D eigenvalue weighted by Crippen LogP contribution is -2.24. The van der Waals surface area contributed by atoms with Gasteiger partial charge in [0.15, 0.2) is 6.61 Å². The molecule has 164 valence electrons. The molecular formula is C21H20F3N3O4. The average Bonchev–Trinajstić information content (AvgIpc) is 3.06. The van der Waals surface area contributed by atoms with Crippen molar-refractivity contribution >= 4 is 5.91 Å². The van der Waals surface area contributed by atoms with Gasteiger partial charge < -0.3 is 19.3 Å². The van der Waals surface area contributed by atoms with E-state index in [0.29, 0.717) is 22.6 Å². The van der Waals surface area contributed by atoms with Gasteiger partial charge >= 0.3 is 6.18 Å². The summed E-state index contributed by atoms with van der Waals surface area (Å²) in [6.07, 6.45) is -3.17. The number of hydrogen-bond acceptors (Lipinski definition) is 6. The van der Waals surface area contributed by atoms with Gasteiger partial charge in [-0.05, 0) is 38.1 Å². The van der Waals surface area contributed by atoms with Crippen LogP contribution in [0.4, 0.5) is 13.2 Å². The van der Waals surface area contributed by atoms with Gasteiger partial charge in [-0.3, -0.25) is 4.79 Å². The highest BCUT2D eigenvalue weighted by Gasteiger charge is 2.29. The van der Waals surface area contributed by atoms with Crippen molar-refractivity contribution in [2.75, 3.05) is 6.61 Å². The lowest BCUT2D eigenvalue weighted by atomic mass is 10.2. The third kappa shape index (κ3) is 6.21. The molecule has 0 fully saturated rings. The maximum Gasteiger partial charge on any atom is 0.422 e. The molecule has 0 aliphatic heterocycles. The zero-order valence-electron chi connectivity index (χ0n) is 16.8. The minimum Gasteiger partial charge on any atom is -0.489 e. The van der Waals surface area contributed by atoms with Crippen LogP contribution < -0.4 is 14.8 Å². The van der Waals surface area contributed by atoms with Gasteiger partial charge in [-0.25, -0.2) is 4.98 Å². The molecule has 2 aromatic heterocycles. The van der Waals surface area contributed by atoms with E-state index in [1.807, 2.05) is 6.92 Å². The van der Waals surface area contributed by atoms with Crippen LogP contribution in [-0.4, -0.2) is 28.8 Å². The number of amides is 1. The summed E-state index contributed by atoms with van der Waals surface area (Å²) in [5.74, 6) is 0.528. The standard InChI is InChI=1S/C21H20F3N3O4/c1-13-18(14(2)31-27-13)11-29-17-7-3-5-15(9-17)19(28)26-10-16-6-4-8-25-20(16)30-12-21(22,23)24/h3-9H,10-12H2,1-2H3,(H,26,28). The van der Waals surface area contributed by atoms with Gasteiger partial charge in [0.1, 0.15) is 18.1 Å². The SMILES string of the molecule is Cc1noc(C)c1COc1cccc(C(=O)NCc2cccnc2OCC(F)(F)F)c1.